The second-order valence-corrected chi connectivity index (χ2v) is 5.30. The summed E-state index contributed by atoms with van der Waals surface area (Å²) in [6, 6.07) is 7.09. The van der Waals surface area contributed by atoms with Crippen LogP contribution >= 0.6 is 11.6 Å². The first-order chi connectivity index (χ1) is 9.88. The molecule has 0 spiro atoms. The molecule has 114 valence electrons. The van der Waals surface area contributed by atoms with Crippen molar-refractivity contribution in [1.82, 2.24) is 5.06 Å². The summed E-state index contributed by atoms with van der Waals surface area (Å²) in [6.07, 6.45) is 0. The molecule has 1 aliphatic heterocycles. The van der Waals surface area contributed by atoms with Gasteiger partial charge in [0, 0.05) is 5.02 Å². The summed E-state index contributed by atoms with van der Waals surface area (Å²) < 4.78 is 5.53. The second kappa shape index (κ2) is 6.19. The van der Waals surface area contributed by atoms with Crippen LogP contribution in [-0.2, 0) is 4.84 Å². The molecule has 1 aliphatic rings. The first kappa shape index (κ1) is 15.4. The number of hydroxylamine groups is 2. The van der Waals surface area contributed by atoms with E-state index in [2.05, 4.69) is 9.98 Å². The lowest BCUT2D eigenvalue weighted by molar-refractivity contribution is -0.161. The third-order valence-electron chi connectivity index (χ3n) is 2.71. The zero-order valence-corrected chi connectivity index (χ0v) is 12.7. The van der Waals surface area contributed by atoms with E-state index in [4.69, 9.17) is 32.6 Å². The van der Waals surface area contributed by atoms with E-state index in [1.807, 2.05) is 13.8 Å². The number of benzene rings is 1. The second-order valence-electron chi connectivity index (χ2n) is 4.86. The monoisotopic (exact) mass is 311 g/mol. The summed E-state index contributed by atoms with van der Waals surface area (Å²) in [7, 11) is 0. The van der Waals surface area contributed by atoms with E-state index in [1.54, 1.807) is 24.3 Å². The fraction of sp³-hybridized carbons (Fsp3) is 0.385. The van der Waals surface area contributed by atoms with Crippen LogP contribution in [0, 0.1) is 0 Å². The highest BCUT2D eigenvalue weighted by Gasteiger charge is 2.32. The molecule has 8 heteroatoms. The lowest BCUT2D eigenvalue weighted by Crippen LogP contribution is -2.54. The van der Waals surface area contributed by atoms with Gasteiger partial charge in [-0.05, 0) is 38.1 Å². The summed E-state index contributed by atoms with van der Waals surface area (Å²) in [5.41, 5.74) is 10.6. The van der Waals surface area contributed by atoms with E-state index < -0.39 is 5.66 Å². The molecule has 1 aromatic rings. The lowest BCUT2D eigenvalue weighted by atomic mass is 10.2. The molecule has 0 saturated heterocycles. The topological polar surface area (TPSA) is 98.5 Å². The van der Waals surface area contributed by atoms with Gasteiger partial charge in [-0.2, -0.15) is 10.1 Å². The minimum atomic E-state index is -0.712. The van der Waals surface area contributed by atoms with Gasteiger partial charge >= 0.3 is 0 Å². The van der Waals surface area contributed by atoms with Crippen molar-refractivity contribution in [1.29, 1.82) is 0 Å². The smallest absolute Gasteiger partial charge is 0.226 e. The third kappa shape index (κ3) is 3.99. The Hall–Kier alpha value is -1.99. The molecule has 0 radical (unpaired) electrons. The van der Waals surface area contributed by atoms with Crippen LogP contribution in [0.1, 0.15) is 13.8 Å². The number of halogens is 1. The number of nitrogens with two attached hydrogens (primary N) is 2. The Labute approximate surface area is 128 Å². The maximum Gasteiger partial charge on any atom is 0.226 e. The van der Waals surface area contributed by atoms with Crippen molar-refractivity contribution in [2.45, 2.75) is 19.5 Å². The van der Waals surface area contributed by atoms with Crippen LogP contribution < -0.4 is 16.2 Å². The Morgan fingerprint density at radius 2 is 1.86 bits per heavy atom. The quantitative estimate of drug-likeness (QED) is 0.799. The third-order valence-corrected chi connectivity index (χ3v) is 2.96. The van der Waals surface area contributed by atoms with Crippen LogP contribution in [0.15, 0.2) is 34.3 Å². The maximum absolute atomic E-state index is 5.80. The van der Waals surface area contributed by atoms with Crippen LogP contribution in [0.3, 0.4) is 0 Å². The summed E-state index contributed by atoms with van der Waals surface area (Å²) in [6.45, 7) is 4.28. The Balaban J connectivity index is 1.83. The van der Waals surface area contributed by atoms with Crippen molar-refractivity contribution in [2.24, 2.45) is 21.5 Å². The zero-order chi connectivity index (χ0) is 15.5. The van der Waals surface area contributed by atoms with Crippen molar-refractivity contribution in [3.05, 3.63) is 29.3 Å². The molecule has 0 fully saturated rings. The Kier molecular flexibility index (Phi) is 4.54. The number of nitrogens with zero attached hydrogens (tertiary/aromatic N) is 3. The lowest BCUT2D eigenvalue weighted by Gasteiger charge is -2.36. The first-order valence-electron chi connectivity index (χ1n) is 6.39. The molecule has 0 bridgehead atoms. The minimum absolute atomic E-state index is 0.134. The van der Waals surface area contributed by atoms with Crippen LogP contribution in [0.5, 0.6) is 5.75 Å². The zero-order valence-electron chi connectivity index (χ0n) is 11.9. The predicted octanol–water partition coefficient (Wildman–Crippen LogP) is 1.33. The van der Waals surface area contributed by atoms with Gasteiger partial charge in [-0.25, -0.2) is 4.99 Å². The van der Waals surface area contributed by atoms with Crippen molar-refractivity contribution in [3.63, 3.8) is 0 Å². The molecular weight excluding hydrogens is 294 g/mol. The standard InChI is InChI=1S/C13H18ClN5O2/c1-13(2)18-11(15)17-12(16)19(13)21-8-7-20-10-5-3-9(14)4-6-10/h3-6H,7-8H2,1-2H3,(H4,15,16,17,18). The van der Waals surface area contributed by atoms with E-state index in [-0.39, 0.29) is 18.5 Å². The van der Waals surface area contributed by atoms with Crippen molar-refractivity contribution < 1.29 is 9.57 Å². The van der Waals surface area contributed by atoms with Gasteiger partial charge in [0.25, 0.3) is 0 Å². The van der Waals surface area contributed by atoms with Crippen molar-refractivity contribution >= 4 is 23.5 Å². The summed E-state index contributed by atoms with van der Waals surface area (Å²) in [5.74, 6) is 1.01. The van der Waals surface area contributed by atoms with E-state index in [1.165, 1.54) is 5.06 Å². The maximum atomic E-state index is 5.80. The van der Waals surface area contributed by atoms with Crippen LogP contribution in [0.2, 0.25) is 5.02 Å². The molecule has 4 N–H and O–H groups in total. The van der Waals surface area contributed by atoms with Crippen LogP contribution in [0.25, 0.3) is 0 Å². The molecule has 0 unspecified atom stereocenters. The molecule has 0 amide bonds. The largest absolute Gasteiger partial charge is 0.491 e. The van der Waals surface area contributed by atoms with Gasteiger partial charge in [0.05, 0.1) is 0 Å². The molecule has 0 aliphatic carbocycles. The van der Waals surface area contributed by atoms with Gasteiger partial charge in [-0.3, -0.25) is 4.84 Å². The molecular formula is C13H18ClN5O2. The molecule has 2 rings (SSSR count). The molecule has 1 aromatic carbocycles. The van der Waals surface area contributed by atoms with Gasteiger partial charge in [0.2, 0.25) is 11.9 Å². The minimum Gasteiger partial charge on any atom is -0.491 e. The molecule has 0 atom stereocenters. The number of hydrogen-bond donors (Lipinski definition) is 2. The Morgan fingerprint density at radius 1 is 1.19 bits per heavy atom. The van der Waals surface area contributed by atoms with Gasteiger partial charge in [-0.1, -0.05) is 11.6 Å². The predicted molar refractivity (Wildman–Crippen MR) is 82.1 cm³/mol. The normalized spacial score (nSPS) is 17.2. The Morgan fingerprint density at radius 3 is 2.48 bits per heavy atom. The number of rotatable bonds is 5. The fourth-order valence-corrected chi connectivity index (χ4v) is 1.96. The average Bonchev–Trinajstić information content (AvgIpc) is 2.38. The highest BCUT2D eigenvalue weighted by molar-refractivity contribution is 6.30. The molecule has 0 aromatic heterocycles. The van der Waals surface area contributed by atoms with Gasteiger partial charge in [-0.15, -0.1) is 0 Å². The van der Waals surface area contributed by atoms with Gasteiger partial charge < -0.3 is 16.2 Å². The molecule has 7 nitrogen and oxygen atoms in total. The van der Waals surface area contributed by atoms with Gasteiger partial charge in [0.15, 0.2) is 5.66 Å². The first-order valence-corrected chi connectivity index (χ1v) is 6.77. The highest BCUT2D eigenvalue weighted by Crippen LogP contribution is 2.20. The molecule has 0 saturated carbocycles. The van der Waals surface area contributed by atoms with Crippen LogP contribution in [0.4, 0.5) is 0 Å². The number of guanidine groups is 2. The Bertz CT molecular complexity index is 556. The number of ether oxygens (including phenoxy) is 1. The SMILES string of the molecule is CC1(C)N=C(N)N=C(N)N1OCCOc1ccc(Cl)cc1. The van der Waals surface area contributed by atoms with Gasteiger partial charge in [0.1, 0.15) is 19.0 Å². The van der Waals surface area contributed by atoms with E-state index in [9.17, 15) is 0 Å². The van der Waals surface area contributed by atoms with E-state index in [0.29, 0.717) is 17.4 Å². The average molecular weight is 312 g/mol. The molecule has 1 heterocycles. The van der Waals surface area contributed by atoms with E-state index in [0.717, 1.165) is 0 Å². The van der Waals surface area contributed by atoms with Crippen molar-refractivity contribution in [2.75, 3.05) is 13.2 Å². The van der Waals surface area contributed by atoms with Crippen LogP contribution in [-0.4, -0.2) is 35.9 Å². The highest BCUT2D eigenvalue weighted by atomic mass is 35.5. The fourth-order valence-electron chi connectivity index (χ4n) is 1.84. The number of aliphatic imine (C=N–C) groups is 2. The number of hydrogen-bond acceptors (Lipinski definition) is 7. The summed E-state index contributed by atoms with van der Waals surface area (Å²) in [5, 5.41) is 2.07. The summed E-state index contributed by atoms with van der Waals surface area (Å²) in [4.78, 5) is 13.6. The summed E-state index contributed by atoms with van der Waals surface area (Å²) >= 11 is 5.80. The van der Waals surface area contributed by atoms with Crippen molar-refractivity contribution in [3.8, 4) is 5.75 Å². The molecule has 21 heavy (non-hydrogen) atoms. The van der Waals surface area contributed by atoms with E-state index >= 15 is 0 Å².